The van der Waals surface area contributed by atoms with Crippen LogP contribution in [-0.2, 0) is 11.2 Å². The Labute approximate surface area is 122 Å². The van der Waals surface area contributed by atoms with Crippen LogP contribution in [0, 0.1) is 0 Å². The van der Waals surface area contributed by atoms with Gasteiger partial charge in [0.15, 0.2) is 0 Å². The van der Waals surface area contributed by atoms with Gasteiger partial charge in [0.05, 0.1) is 0 Å². The molecular formula is C15H19FN2O3. The molecule has 114 valence electrons. The van der Waals surface area contributed by atoms with Gasteiger partial charge in [-0.25, -0.2) is 9.18 Å². The first-order valence-electron chi connectivity index (χ1n) is 7.06. The number of likely N-dealkylation sites (tertiary alicyclic amines) is 1. The van der Waals surface area contributed by atoms with Crippen LogP contribution < -0.4 is 5.32 Å². The van der Waals surface area contributed by atoms with Gasteiger partial charge in [-0.2, -0.15) is 0 Å². The highest BCUT2D eigenvalue weighted by Crippen LogP contribution is 2.31. The molecule has 0 aromatic heterocycles. The van der Waals surface area contributed by atoms with Crippen molar-refractivity contribution in [2.75, 3.05) is 13.1 Å². The van der Waals surface area contributed by atoms with Gasteiger partial charge in [0, 0.05) is 19.5 Å². The molecule has 0 aliphatic carbocycles. The summed E-state index contributed by atoms with van der Waals surface area (Å²) in [7, 11) is 0. The largest absolute Gasteiger partial charge is 0.465 e. The van der Waals surface area contributed by atoms with E-state index in [0.717, 1.165) is 12.0 Å². The van der Waals surface area contributed by atoms with Gasteiger partial charge in [-0.3, -0.25) is 9.69 Å². The number of carbonyl (C=O) groups is 2. The number of alkyl halides is 1. The number of nitrogens with one attached hydrogen (secondary N) is 1. The van der Waals surface area contributed by atoms with Gasteiger partial charge < -0.3 is 10.4 Å². The zero-order valence-electron chi connectivity index (χ0n) is 11.7. The lowest BCUT2D eigenvalue weighted by Crippen LogP contribution is -2.54. The Kier molecular flexibility index (Phi) is 4.77. The molecule has 2 amide bonds. The minimum Gasteiger partial charge on any atom is -0.465 e. The summed E-state index contributed by atoms with van der Waals surface area (Å²) in [6.45, 7) is 0.385. The summed E-state index contributed by atoms with van der Waals surface area (Å²) in [5, 5.41) is 11.4. The third-order valence-corrected chi connectivity index (χ3v) is 3.67. The van der Waals surface area contributed by atoms with Crippen molar-refractivity contribution in [3.8, 4) is 0 Å². The van der Waals surface area contributed by atoms with Crippen molar-refractivity contribution in [3.05, 3.63) is 35.9 Å². The van der Waals surface area contributed by atoms with Gasteiger partial charge in [-0.1, -0.05) is 30.3 Å². The van der Waals surface area contributed by atoms with Crippen LogP contribution in [0.2, 0.25) is 0 Å². The number of nitrogens with zero attached hydrogens (tertiary/aromatic N) is 1. The first-order chi connectivity index (χ1) is 10.0. The summed E-state index contributed by atoms with van der Waals surface area (Å²) in [6, 6.07) is 9.78. The van der Waals surface area contributed by atoms with E-state index in [-0.39, 0.29) is 13.0 Å². The molecule has 1 unspecified atom stereocenters. The van der Waals surface area contributed by atoms with Crippen molar-refractivity contribution >= 4 is 12.0 Å². The van der Waals surface area contributed by atoms with E-state index in [4.69, 9.17) is 5.11 Å². The van der Waals surface area contributed by atoms with E-state index in [9.17, 15) is 14.0 Å². The van der Waals surface area contributed by atoms with Crippen LogP contribution in [0.25, 0.3) is 0 Å². The smallest absolute Gasteiger partial charge is 0.410 e. The second kappa shape index (κ2) is 6.56. The lowest BCUT2D eigenvalue weighted by atomic mass is 10.1. The molecule has 0 radical (unpaired) electrons. The van der Waals surface area contributed by atoms with E-state index in [0.29, 0.717) is 24.3 Å². The number of carboxylic acid groups (broad SMARTS) is 1. The lowest BCUT2D eigenvalue weighted by Gasteiger charge is -2.27. The van der Waals surface area contributed by atoms with Crippen molar-refractivity contribution in [1.29, 1.82) is 0 Å². The van der Waals surface area contributed by atoms with Crippen LogP contribution in [0.4, 0.5) is 9.18 Å². The van der Waals surface area contributed by atoms with Gasteiger partial charge >= 0.3 is 6.09 Å². The van der Waals surface area contributed by atoms with Crippen molar-refractivity contribution in [2.45, 2.75) is 31.5 Å². The average molecular weight is 294 g/mol. The first-order valence-corrected chi connectivity index (χ1v) is 7.06. The Morgan fingerprint density at radius 1 is 1.33 bits per heavy atom. The fourth-order valence-electron chi connectivity index (χ4n) is 2.54. The minimum atomic E-state index is -2.42. The van der Waals surface area contributed by atoms with E-state index >= 15 is 0 Å². The summed E-state index contributed by atoms with van der Waals surface area (Å²) < 4.78 is 14.5. The molecule has 0 bridgehead atoms. The Bertz CT molecular complexity index is 509. The van der Waals surface area contributed by atoms with Crippen molar-refractivity contribution in [2.24, 2.45) is 0 Å². The third kappa shape index (κ3) is 3.51. The predicted molar refractivity (Wildman–Crippen MR) is 75.6 cm³/mol. The SMILES string of the molecule is O=C(O)N1CCCC1(F)C(=O)NCCCc1ccccc1. The normalized spacial score (nSPS) is 21.3. The van der Waals surface area contributed by atoms with Gasteiger partial charge in [0.2, 0.25) is 0 Å². The van der Waals surface area contributed by atoms with Crippen LogP contribution in [0.15, 0.2) is 30.3 Å². The molecule has 1 atom stereocenters. The van der Waals surface area contributed by atoms with Gasteiger partial charge in [0.25, 0.3) is 11.7 Å². The van der Waals surface area contributed by atoms with E-state index in [1.54, 1.807) is 0 Å². The fourth-order valence-corrected chi connectivity index (χ4v) is 2.54. The molecule has 21 heavy (non-hydrogen) atoms. The van der Waals surface area contributed by atoms with Crippen LogP contribution in [0.5, 0.6) is 0 Å². The Morgan fingerprint density at radius 3 is 2.71 bits per heavy atom. The Hall–Kier alpha value is -2.11. The number of hydrogen-bond acceptors (Lipinski definition) is 2. The molecule has 2 N–H and O–H groups in total. The summed E-state index contributed by atoms with van der Waals surface area (Å²) >= 11 is 0. The summed E-state index contributed by atoms with van der Waals surface area (Å²) in [5.41, 5.74) is 1.15. The van der Waals surface area contributed by atoms with Crippen LogP contribution in [0.1, 0.15) is 24.8 Å². The first kappa shape index (κ1) is 15.3. The van der Waals surface area contributed by atoms with E-state index < -0.39 is 17.8 Å². The lowest BCUT2D eigenvalue weighted by molar-refractivity contribution is -0.141. The average Bonchev–Trinajstić information content (AvgIpc) is 2.88. The van der Waals surface area contributed by atoms with Gasteiger partial charge in [0.1, 0.15) is 0 Å². The monoisotopic (exact) mass is 294 g/mol. The summed E-state index contributed by atoms with van der Waals surface area (Å²) in [6.07, 6.45) is 0.348. The van der Waals surface area contributed by atoms with Crippen LogP contribution in [-0.4, -0.2) is 40.9 Å². The van der Waals surface area contributed by atoms with Gasteiger partial charge in [-0.15, -0.1) is 0 Å². The highest BCUT2D eigenvalue weighted by atomic mass is 19.1. The van der Waals surface area contributed by atoms with Crippen molar-refractivity contribution in [3.63, 3.8) is 0 Å². The summed E-state index contributed by atoms with van der Waals surface area (Å²) in [5.74, 6) is -3.27. The van der Waals surface area contributed by atoms with Crippen LogP contribution >= 0.6 is 0 Å². The molecule has 1 aromatic rings. The molecule has 0 saturated carbocycles. The predicted octanol–water partition coefficient (Wildman–Crippen LogP) is 2.18. The number of amides is 2. The number of halogens is 1. The Balaban J connectivity index is 1.80. The van der Waals surface area contributed by atoms with E-state index in [2.05, 4.69) is 5.32 Å². The number of hydrogen-bond donors (Lipinski definition) is 2. The topological polar surface area (TPSA) is 69.6 Å². The zero-order valence-corrected chi connectivity index (χ0v) is 11.7. The number of aryl methyl sites for hydroxylation is 1. The Morgan fingerprint density at radius 2 is 2.05 bits per heavy atom. The molecule has 1 heterocycles. The van der Waals surface area contributed by atoms with Gasteiger partial charge in [-0.05, 0) is 24.8 Å². The van der Waals surface area contributed by atoms with E-state index in [1.807, 2.05) is 30.3 Å². The molecular weight excluding hydrogens is 275 g/mol. The minimum absolute atomic E-state index is 0.0588. The quantitative estimate of drug-likeness (QED) is 0.646. The second-order valence-electron chi connectivity index (χ2n) is 5.14. The number of benzene rings is 1. The maximum absolute atomic E-state index is 14.5. The molecule has 1 saturated heterocycles. The second-order valence-corrected chi connectivity index (χ2v) is 5.14. The van der Waals surface area contributed by atoms with Crippen LogP contribution in [0.3, 0.4) is 0 Å². The molecule has 1 aliphatic heterocycles. The molecule has 6 heteroatoms. The third-order valence-electron chi connectivity index (χ3n) is 3.67. The number of rotatable bonds is 5. The molecule has 2 rings (SSSR count). The molecule has 1 aromatic carbocycles. The van der Waals surface area contributed by atoms with Crippen molar-refractivity contribution in [1.82, 2.24) is 10.2 Å². The van der Waals surface area contributed by atoms with Crippen molar-refractivity contribution < 1.29 is 19.1 Å². The maximum Gasteiger partial charge on any atom is 0.410 e. The molecule has 1 aliphatic rings. The standard InChI is InChI=1S/C15H19FN2O3/c16-15(9-5-11-18(15)14(20)21)13(19)17-10-4-8-12-6-2-1-3-7-12/h1-3,6-7H,4-5,8-11H2,(H,17,19)(H,20,21). The number of carbonyl (C=O) groups excluding carboxylic acids is 1. The fraction of sp³-hybridized carbons (Fsp3) is 0.467. The zero-order chi connectivity index (χ0) is 15.3. The highest BCUT2D eigenvalue weighted by Gasteiger charge is 2.50. The maximum atomic E-state index is 14.5. The summed E-state index contributed by atoms with van der Waals surface area (Å²) in [4.78, 5) is 23.4. The van der Waals surface area contributed by atoms with E-state index in [1.165, 1.54) is 0 Å². The molecule has 5 nitrogen and oxygen atoms in total. The molecule has 1 fully saturated rings. The highest BCUT2D eigenvalue weighted by molar-refractivity contribution is 5.88. The molecule has 0 spiro atoms.